The second kappa shape index (κ2) is 8.14. The van der Waals surface area contributed by atoms with Gasteiger partial charge in [-0.15, -0.1) is 0 Å². The standard InChI is InChI=1S/C19H27NO3/c1-3-14-4-6-15(7-5-14)13(2)12-18(21)20-17-10-8-16(9-11-17)19(22)23/h4-7,13,16-17H,3,8-12H2,1-2H3,(H,20,21)(H,22,23). The number of hydrogen-bond donors (Lipinski definition) is 2. The fourth-order valence-corrected chi connectivity index (χ4v) is 3.25. The van der Waals surface area contributed by atoms with Gasteiger partial charge in [0.2, 0.25) is 5.91 Å². The van der Waals surface area contributed by atoms with Crippen LogP contribution in [0.15, 0.2) is 24.3 Å². The molecule has 1 aromatic rings. The van der Waals surface area contributed by atoms with Crippen LogP contribution in [0.3, 0.4) is 0 Å². The Balaban J connectivity index is 1.79. The van der Waals surface area contributed by atoms with E-state index in [1.54, 1.807) is 0 Å². The van der Waals surface area contributed by atoms with E-state index in [1.165, 1.54) is 11.1 Å². The smallest absolute Gasteiger partial charge is 0.306 e. The van der Waals surface area contributed by atoms with E-state index in [-0.39, 0.29) is 23.8 Å². The molecule has 0 aliphatic heterocycles. The van der Waals surface area contributed by atoms with Crippen LogP contribution in [-0.4, -0.2) is 23.0 Å². The van der Waals surface area contributed by atoms with Gasteiger partial charge in [-0.2, -0.15) is 0 Å². The molecule has 0 aromatic heterocycles. The van der Waals surface area contributed by atoms with Crippen LogP contribution in [0.25, 0.3) is 0 Å². The van der Waals surface area contributed by atoms with Crippen LogP contribution in [0, 0.1) is 5.92 Å². The first-order valence-corrected chi connectivity index (χ1v) is 8.60. The molecule has 1 atom stereocenters. The molecule has 0 saturated heterocycles. The third-order valence-corrected chi connectivity index (χ3v) is 4.89. The van der Waals surface area contributed by atoms with E-state index < -0.39 is 5.97 Å². The molecule has 23 heavy (non-hydrogen) atoms. The second-order valence-corrected chi connectivity index (χ2v) is 6.65. The molecular weight excluding hydrogens is 290 g/mol. The van der Waals surface area contributed by atoms with Gasteiger partial charge in [0.25, 0.3) is 0 Å². The lowest BCUT2D eigenvalue weighted by Gasteiger charge is -2.27. The molecule has 1 fully saturated rings. The van der Waals surface area contributed by atoms with Crippen molar-refractivity contribution in [2.75, 3.05) is 0 Å². The highest BCUT2D eigenvalue weighted by Gasteiger charge is 2.26. The molecular formula is C19H27NO3. The molecule has 1 aliphatic rings. The van der Waals surface area contributed by atoms with E-state index in [2.05, 4.69) is 43.4 Å². The van der Waals surface area contributed by atoms with Crippen molar-refractivity contribution in [2.45, 2.75) is 64.3 Å². The Bertz CT molecular complexity index is 530. The minimum absolute atomic E-state index is 0.0656. The summed E-state index contributed by atoms with van der Waals surface area (Å²) in [5.74, 6) is -0.690. The number of aryl methyl sites for hydroxylation is 1. The SMILES string of the molecule is CCc1ccc(C(C)CC(=O)NC2CCC(C(=O)O)CC2)cc1. The third kappa shape index (κ3) is 5.08. The molecule has 0 radical (unpaired) electrons. The Hall–Kier alpha value is -1.84. The number of nitrogens with one attached hydrogen (secondary N) is 1. The van der Waals surface area contributed by atoms with E-state index in [0.29, 0.717) is 19.3 Å². The summed E-state index contributed by atoms with van der Waals surface area (Å²) in [5.41, 5.74) is 2.49. The van der Waals surface area contributed by atoms with Gasteiger partial charge in [0, 0.05) is 12.5 Å². The summed E-state index contributed by atoms with van der Waals surface area (Å²) >= 11 is 0. The number of amides is 1. The minimum Gasteiger partial charge on any atom is -0.481 e. The van der Waals surface area contributed by atoms with Crippen LogP contribution in [0.4, 0.5) is 0 Å². The van der Waals surface area contributed by atoms with Crippen molar-refractivity contribution in [3.05, 3.63) is 35.4 Å². The number of carboxylic acid groups (broad SMARTS) is 1. The van der Waals surface area contributed by atoms with Crippen molar-refractivity contribution < 1.29 is 14.7 Å². The average Bonchev–Trinajstić information content (AvgIpc) is 2.55. The summed E-state index contributed by atoms with van der Waals surface area (Å²) < 4.78 is 0. The zero-order chi connectivity index (χ0) is 16.8. The maximum absolute atomic E-state index is 12.2. The molecule has 2 N–H and O–H groups in total. The number of benzene rings is 1. The van der Waals surface area contributed by atoms with Gasteiger partial charge in [-0.1, -0.05) is 38.1 Å². The molecule has 1 unspecified atom stereocenters. The highest BCUT2D eigenvalue weighted by atomic mass is 16.4. The quantitative estimate of drug-likeness (QED) is 0.844. The van der Waals surface area contributed by atoms with Crippen LogP contribution in [0.2, 0.25) is 0 Å². The summed E-state index contributed by atoms with van der Waals surface area (Å²) in [6, 6.07) is 8.59. The van der Waals surface area contributed by atoms with Crippen molar-refractivity contribution in [3.8, 4) is 0 Å². The predicted octanol–water partition coefficient (Wildman–Crippen LogP) is 3.50. The second-order valence-electron chi connectivity index (χ2n) is 6.65. The van der Waals surface area contributed by atoms with E-state index >= 15 is 0 Å². The lowest BCUT2D eigenvalue weighted by molar-refractivity contribution is -0.142. The molecule has 1 aromatic carbocycles. The monoisotopic (exact) mass is 317 g/mol. The van der Waals surface area contributed by atoms with Gasteiger partial charge in [0.15, 0.2) is 0 Å². The normalized spacial score (nSPS) is 22.3. The number of carbonyl (C=O) groups is 2. The third-order valence-electron chi connectivity index (χ3n) is 4.89. The van der Waals surface area contributed by atoms with Gasteiger partial charge in [0.05, 0.1) is 5.92 Å². The number of carboxylic acids is 1. The zero-order valence-corrected chi connectivity index (χ0v) is 14.0. The Morgan fingerprint density at radius 3 is 2.30 bits per heavy atom. The van der Waals surface area contributed by atoms with Crippen LogP contribution in [0.1, 0.15) is 63.0 Å². The molecule has 126 valence electrons. The van der Waals surface area contributed by atoms with Crippen LogP contribution in [-0.2, 0) is 16.0 Å². The van der Waals surface area contributed by atoms with Gasteiger partial charge in [0.1, 0.15) is 0 Å². The first kappa shape index (κ1) is 17.5. The molecule has 1 saturated carbocycles. The largest absolute Gasteiger partial charge is 0.481 e. The molecule has 1 amide bonds. The fraction of sp³-hybridized carbons (Fsp3) is 0.579. The Morgan fingerprint density at radius 1 is 1.17 bits per heavy atom. The summed E-state index contributed by atoms with van der Waals surface area (Å²) in [6.45, 7) is 4.20. The maximum Gasteiger partial charge on any atom is 0.306 e. The highest BCUT2D eigenvalue weighted by molar-refractivity contribution is 5.77. The van der Waals surface area contributed by atoms with Crippen molar-refractivity contribution in [3.63, 3.8) is 0 Å². The predicted molar refractivity (Wildman–Crippen MR) is 90.4 cm³/mol. The summed E-state index contributed by atoms with van der Waals surface area (Å²) in [6.07, 6.45) is 4.35. The van der Waals surface area contributed by atoms with Crippen molar-refractivity contribution in [2.24, 2.45) is 5.92 Å². The number of rotatable bonds is 6. The number of carbonyl (C=O) groups excluding carboxylic acids is 1. The first-order valence-electron chi connectivity index (χ1n) is 8.60. The first-order chi connectivity index (χ1) is 11.0. The molecule has 4 heteroatoms. The van der Waals surface area contributed by atoms with Crippen molar-refractivity contribution in [1.82, 2.24) is 5.32 Å². The Morgan fingerprint density at radius 2 is 1.78 bits per heavy atom. The van der Waals surface area contributed by atoms with Crippen molar-refractivity contribution >= 4 is 11.9 Å². The van der Waals surface area contributed by atoms with Gasteiger partial charge in [-0.3, -0.25) is 9.59 Å². The summed E-state index contributed by atoms with van der Waals surface area (Å²) in [5, 5.41) is 12.1. The molecule has 0 spiro atoms. The number of aliphatic carboxylic acids is 1. The highest BCUT2D eigenvalue weighted by Crippen LogP contribution is 2.25. The van der Waals surface area contributed by atoms with Gasteiger partial charge >= 0.3 is 5.97 Å². The fourth-order valence-electron chi connectivity index (χ4n) is 3.25. The topological polar surface area (TPSA) is 66.4 Å². The molecule has 2 rings (SSSR count). The Kier molecular flexibility index (Phi) is 6.20. The zero-order valence-electron chi connectivity index (χ0n) is 14.0. The average molecular weight is 317 g/mol. The van der Waals surface area contributed by atoms with Gasteiger partial charge in [-0.25, -0.2) is 0 Å². The molecule has 0 heterocycles. The van der Waals surface area contributed by atoms with E-state index in [9.17, 15) is 9.59 Å². The van der Waals surface area contributed by atoms with E-state index in [0.717, 1.165) is 19.3 Å². The van der Waals surface area contributed by atoms with Gasteiger partial charge in [-0.05, 0) is 49.1 Å². The molecule has 1 aliphatic carbocycles. The van der Waals surface area contributed by atoms with E-state index in [4.69, 9.17) is 5.11 Å². The summed E-state index contributed by atoms with van der Waals surface area (Å²) in [7, 11) is 0. The van der Waals surface area contributed by atoms with Crippen LogP contribution < -0.4 is 5.32 Å². The lowest BCUT2D eigenvalue weighted by Crippen LogP contribution is -2.39. The lowest BCUT2D eigenvalue weighted by atomic mass is 9.86. The van der Waals surface area contributed by atoms with E-state index in [1.807, 2.05) is 0 Å². The summed E-state index contributed by atoms with van der Waals surface area (Å²) in [4.78, 5) is 23.2. The Labute approximate surface area is 138 Å². The maximum atomic E-state index is 12.2. The molecule has 4 nitrogen and oxygen atoms in total. The van der Waals surface area contributed by atoms with Crippen molar-refractivity contribution in [1.29, 1.82) is 0 Å². The van der Waals surface area contributed by atoms with Gasteiger partial charge < -0.3 is 10.4 Å². The minimum atomic E-state index is -0.709. The van der Waals surface area contributed by atoms with Crippen LogP contribution >= 0.6 is 0 Å². The molecule has 0 bridgehead atoms. The number of hydrogen-bond acceptors (Lipinski definition) is 2. The van der Waals surface area contributed by atoms with Crippen LogP contribution in [0.5, 0.6) is 0 Å².